The highest BCUT2D eigenvalue weighted by atomic mass is 35.5. The van der Waals surface area contributed by atoms with Gasteiger partial charge in [0, 0.05) is 6.54 Å². The highest BCUT2D eigenvalue weighted by molar-refractivity contribution is 5.85. The number of aromatic hydroxyl groups is 1. The van der Waals surface area contributed by atoms with Crippen LogP contribution in [0.4, 0.5) is 8.78 Å². The van der Waals surface area contributed by atoms with E-state index < -0.39 is 6.61 Å². The molecule has 1 aliphatic heterocycles. The zero-order valence-electron chi connectivity index (χ0n) is 11.2. The van der Waals surface area contributed by atoms with Crippen molar-refractivity contribution in [3.05, 3.63) is 23.8 Å². The predicted molar refractivity (Wildman–Crippen MR) is 73.2 cm³/mol. The van der Waals surface area contributed by atoms with E-state index in [2.05, 4.69) is 14.8 Å². The van der Waals surface area contributed by atoms with Crippen molar-refractivity contribution in [3.63, 3.8) is 0 Å². The summed E-state index contributed by atoms with van der Waals surface area (Å²) in [5.41, 5.74) is 0.753. The van der Waals surface area contributed by atoms with Gasteiger partial charge in [0.15, 0.2) is 11.5 Å². The molecule has 21 heavy (non-hydrogen) atoms. The molecule has 1 fully saturated rings. The standard InChI is InChI=1S/C13H15F2NO4.ClH/c1-19-12(18)9-4-8(6-16-9)7-2-3-11(10(17)5-7)20-13(14)15;/h2-3,5,8-9,13,16-17H,4,6H2,1H3;1H/t8?,9-;/m1./s1. The Morgan fingerprint density at radius 1 is 1.48 bits per heavy atom. The Morgan fingerprint density at radius 3 is 2.76 bits per heavy atom. The lowest BCUT2D eigenvalue weighted by molar-refractivity contribution is -0.142. The zero-order valence-corrected chi connectivity index (χ0v) is 12.0. The van der Waals surface area contributed by atoms with Gasteiger partial charge in [-0.25, -0.2) is 0 Å². The van der Waals surface area contributed by atoms with Gasteiger partial charge in [-0.1, -0.05) is 6.07 Å². The lowest BCUT2D eigenvalue weighted by Crippen LogP contribution is -2.31. The number of ether oxygens (including phenoxy) is 2. The molecule has 1 aliphatic rings. The molecule has 0 radical (unpaired) electrons. The highest BCUT2D eigenvalue weighted by Gasteiger charge is 2.31. The first-order valence-corrected chi connectivity index (χ1v) is 6.10. The number of phenolic OH excluding ortho intramolecular Hbond substituents is 1. The van der Waals surface area contributed by atoms with Gasteiger partial charge >= 0.3 is 12.6 Å². The Labute approximate surface area is 126 Å². The second-order valence-corrected chi connectivity index (χ2v) is 4.52. The first kappa shape index (κ1) is 17.5. The molecule has 0 aromatic heterocycles. The smallest absolute Gasteiger partial charge is 0.387 e. The van der Waals surface area contributed by atoms with Crippen molar-refractivity contribution in [2.45, 2.75) is 25.0 Å². The Hall–Kier alpha value is -1.60. The van der Waals surface area contributed by atoms with Gasteiger partial charge in [0.05, 0.1) is 7.11 Å². The molecule has 118 valence electrons. The van der Waals surface area contributed by atoms with Crippen LogP contribution in [0.5, 0.6) is 11.5 Å². The van der Waals surface area contributed by atoms with Crippen LogP contribution >= 0.6 is 12.4 Å². The second kappa shape index (κ2) is 7.42. The fraction of sp³-hybridized carbons (Fsp3) is 0.462. The van der Waals surface area contributed by atoms with Gasteiger partial charge in [-0.3, -0.25) is 4.79 Å². The predicted octanol–water partition coefficient (Wildman–Crippen LogP) is 2.03. The van der Waals surface area contributed by atoms with E-state index in [1.165, 1.54) is 19.2 Å². The van der Waals surface area contributed by atoms with Crippen molar-refractivity contribution in [1.82, 2.24) is 5.32 Å². The summed E-state index contributed by atoms with van der Waals surface area (Å²) in [6.45, 7) is -2.43. The number of hydrogen-bond acceptors (Lipinski definition) is 5. The average molecular weight is 324 g/mol. The number of nitrogens with one attached hydrogen (secondary N) is 1. The monoisotopic (exact) mass is 323 g/mol. The Morgan fingerprint density at radius 2 is 2.19 bits per heavy atom. The van der Waals surface area contributed by atoms with Crippen molar-refractivity contribution >= 4 is 18.4 Å². The maximum atomic E-state index is 12.1. The summed E-state index contributed by atoms with van der Waals surface area (Å²) >= 11 is 0. The van der Waals surface area contributed by atoms with Gasteiger partial charge in [0.2, 0.25) is 0 Å². The summed E-state index contributed by atoms with van der Waals surface area (Å²) in [4.78, 5) is 11.4. The van der Waals surface area contributed by atoms with Crippen LogP contribution in [-0.4, -0.2) is 37.4 Å². The van der Waals surface area contributed by atoms with Crippen LogP contribution in [-0.2, 0) is 9.53 Å². The van der Waals surface area contributed by atoms with Crippen LogP contribution in [0.1, 0.15) is 17.9 Å². The number of benzene rings is 1. The molecule has 0 bridgehead atoms. The third-order valence-electron chi connectivity index (χ3n) is 3.29. The fourth-order valence-corrected chi connectivity index (χ4v) is 2.30. The quantitative estimate of drug-likeness (QED) is 0.830. The van der Waals surface area contributed by atoms with E-state index in [0.29, 0.717) is 13.0 Å². The lowest BCUT2D eigenvalue weighted by Gasteiger charge is -2.12. The number of carbonyl (C=O) groups excluding carboxylic acids is 1. The number of methoxy groups -OCH3 is 1. The first-order valence-electron chi connectivity index (χ1n) is 6.10. The number of alkyl halides is 2. The van der Waals surface area contributed by atoms with Gasteiger partial charge < -0.3 is 19.9 Å². The summed E-state index contributed by atoms with van der Waals surface area (Å²) in [5, 5.41) is 12.7. The molecular weight excluding hydrogens is 308 g/mol. The van der Waals surface area contributed by atoms with Crippen LogP contribution in [0.25, 0.3) is 0 Å². The van der Waals surface area contributed by atoms with Crippen molar-refractivity contribution in [3.8, 4) is 11.5 Å². The molecule has 5 nitrogen and oxygen atoms in total. The van der Waals surface area contributed by atoms with Gasteiger partial charge in [-0.05, 0) is 30.0 Å². The Bertz CT molecular complexity index is 501. The summed E-state index contributed by atoms with van der Waals surface area (Å²) < 4.78 is 33.0. The minimum atomic E-state index is -2.98. The number of hydrogen-bond donors (Lipinski definition) is 2. The molecule has 0 aliphatic carbocycles. The highest BCUT2D eigenvalue weighted by Crippen LogP contribution is 2.34. The number of esters is 1. The summed E-state index contributed by atoms with van der Waals surface area (Å²) in [7, 11) is 1.32. The molecule has 8 heteroatoms. The van der Waals surface area contributed by atoms with Gasteiger partial charge in [0.1, 0.15) is 6.04 Å². The first-order chi connectivity index (χ1) is 9.51. The summed E-state index contributed by atoms with van der Waals surface area (Å²) in [6, 6.07) is 3.89. The third kappa shape index (κ3) is 4.18. The summed E-state index contributed by atoms with van der Waals surface area (Å²) in [5.74, 6) is -0.941. The van der Waals surface area contributed by atoms with Gasteiger partial charge in [0.25, 0.3) is 0 Å². The minimum Gasteiger partial charge on any atom is -0.504 e. The molecule has 0 amide bonds. The molecule has 2 N–H and O–H groups in total. The summed E-state index contributed by atoms with van der Waals surface area (Å²) in [6.07, 6.45) is 0.529. The normalized spacial score (nSPS) is 21.0. The maximum Gasteiger partial charge on any atom is 0.387 e. The SMILES string of the molecule is COC(=O)[C@H]1CC(c2ccc(OC(F)F)c(O)c2)CN1.Cl. The van der Waals surface area contributed by atoms with E-state index in [0.717, 1.165) is 5.56 Å². The number of rotatable bonds is 4. The zero-order chi connectivity index (χ0) is 14.7. The van der Waals surface area contributed by atoms with E-state index in [4.69, 9.17) is 0 Å². The molecular formula is C13H16ClF2NO4. The van der Waals surface area contributed by atoms with Crippen LogP contribution in [0.3, 0.4) is 0 Å². The van der Waals surface area contributed by atoms with Crippen molar-refractivity contribution < 1.29 is 28.2 Å². The molecule has 2 rings (SSSR count). The van der Waals surface area contributed by atoms with Gasteiger partial charge in [-0.15, -0.1) is 12.4 Å². The van der Waals surface area contributed by atoms with Crippen LogP contribution in [0.2, 0.25) is 0 Å². The Balaban J connectivity index is 0.00000220. The van der Waals surface area contributed by atoms with E-state index in [9.17, 15) is 18.7 Å². The maximum absolute atomic E-state index is 12.1. The number of carbonyl (C=O) groups is 1. The van der Waals surface area contributed by atoms with E-state index >= 15 is 0 Å². The van der Waals surface area contributed by atoms with E-state index in [1.807, 2.05) is 0 Å². The molecule has 0 saturated carbocycles. The van der Waals surface area contributed by atoms with Gasteiger partial charge in [-0.2, -0.15) is 8.78 Å². The topological polar surface area (TPSA) is 67.8 Å². The fourth-order valence-electron chi connectivity index (χ4n) is 2.30. The molecule has 1 saturated heterocycles. The average Bonchev–Trinajstić information content (AvgIpc) is 2.89. The lowest BCUT2D eigenvalue weighted by atomic mass is 9.96. The molecule has 2 atom stereocenters. The van der Waals surface area contributed by atoms with E-state index in [1.54, 1.807) is 6.07 Å². The molecule has 1 heterocycles. The van der Waals surface area contributed by atoms with Crippen LogP contribution in [0.15, 0.2) is 18.2 Å². The largest absolute Gasteiger partial charge is 0.504 e. The van der Waals surface area contributed by atoms with Crippen molar-refractivity contribution in [2.75, 3.05) is 13.7 Å². The molecule has 1 aromatic carbocycles. The van der Waals surface area contributed by atoms with E-state index in [-0.39, 0.29) is 41.8 Å². The van der Waals surface area contributed by atoms with Crippen molar-refractivity contribution in [1.29, 1.82) is 0 Å². The third-order valence-corrected chi connectivity index (χ3v) is 3.29. The minimum absolute atomic E-state index is 0. The molecule has 0 spiro atoms. The van der Waals surface area contributed by atoms with Crippen molar-refractivity contribution in [2.24, 2.45) is 0 Å². The Kier molecular flexibility index (Phi) is 6.17. The number of phenols is 1. The number of halogens is 3. The van der Waals surface area contributed by atoms with Crippen LogP contribution in [0, 0.1) is 0 Å². The molecule has 1 unspecified atom stereocenters. The van der Waals surface area contributed by atoms with Crippen LogP contribution < -0.4 is 10.1 Å². The molecule has 1 aromatic rings. The second-order valence-electron chi connectivity index (χ2n) is 4.52.